The van der Waals surface area contributed by atoms with E-state index in [0.29, 0.717) is 0 Å². The Hall–Kier alpha value is 0.505. The molecule has 0 aromatic rings. The SMILES string of the molecule is B.C1=CSSC1. The molecule has 0 nitrogen and oxygen atoms in total. The highest BCUT2D eigenvalue weighted by molar-refractivity contribution is 8.78. The van der Waals surface area contributed by atoms with E-state index >= 15 is 0 Å². The normalized spacial score (nSPS) is 17.3. The Morgan fingerprint density at radius 3 is 2.50 bits per heavy atom. The fraction of sp³-hybridized carbons (Fsp3) is 0.333. The number of hydrogen-bond donors (Lipinski definition) is 0. The molecule has 6 heavy (non-hydrogen) atoms. The van der Waals surface area contributed by atoms with Crippen LogP contribution in [0, 0.1) is 0 Å². The standard InChI is InChI=1S/C3H4S2.BH3/c1-2-4-5-3-1;/h1-2H,3H2;1H3. The molecule has 0 bridgehead atoms. The molecule has 34 valence electrons. The van der Waals surface area contributed by atoms with Crippen molar-refractivity contribution in [2.45, 2.75) is 0 Å². The van der Waals surface area contributed by atoms with Crippen molar-refractivity contribution in [1.29, 1.82) is 0 Å². The summed E-state index contributed by atoms with van der Waals surface area (Å²) in [4.78, 5) is 0. The van der Waals surface area contributed by atoms with Gasteiger partial charge in [-0.1, -0.05) is 27.7 Å². The van der Waals surface area contributed by atoms with E-state index in [-0.39, 0.29) is 8.41 Å². The number of hydrogen-bond acceptors (Lipinski definition) is 2. The van der Waals surface area contributed by atoms with Crippen LogP contribution in [0.1, 0.15) is 0 Å². The maximum atomic E-state index is 2.16. The Bertz CT molecular complexity index is 46.8. The molecule has 0 unspecified atom stereocenters. The Labute approximate surface area is 47.7 Å². The minimum absolute atomic E-state index is 0. The summed E-state index contributed by atoms with van der Waals surface area (Å²) in [6.45, 7) is 0. The molecule has 3 heteroatoms. The first-order valence-corrected chi connectivity index (χ1v) is 3.81. The Balaban J connectivity index is 0.000000250. The van der Waals surface area contributed by atoms with Gasteiger partial charge in [0.1, 0.15) is 0 Å². The second-order valence-electron chi connectivity index (χ2n) is 0.753. The van der Waals surface area contributed by atoms with E-state index < -0.39 is 0 Å². The average Bonchev–Trinajstić information content (AvgIpc) is 1.76. The van der Waals surface area contributed by atoms with Crippen LogP contribution in [0.25, 0.3) is 0 Å². The molecule has 1 heterocycles. The molecule has 0 saturated carbocycles. The van der Waals surface area contributed by atoms with Crippen molar-refractivity contribution < 1.29 is 0 Å². The van der Waals surface area contributed by atoms with Crippen molar-refractivity contribution in [2.75, 3.05) is 5.75 Å². The molecule has 0 amide bonds. The quantitative estimate of drug-likeness (QED) is 0.339. The molecule has 0 N–H and O–H groups in total. The van der Waals surface area contributed by atoms with Crippen LogP contribution in [0.4, 0.5) is 0 Å². The van der Waals surface area contributed by atoms with Crippen molar-refractivity contribution in [3.05, 3.63) is 11.5 Å². The lowest BCUT2D eigenvalue weighted by Crippen LogP contribution is -1.46. The fourth-order valence-corrected chi connectivity index (χ4v) is 1.77. The van der Waals surface area contributed by atoms with E-state index in [0.717, 1.165) is 0 Å². The van der Waals surface area contributed by atoms with E-state index in [1.54, 1.807) is 0 Å². The molecule has 0 saturated heterocycles. The minimum Gasteiger partial charge on any atom is -0.0854 e. The molecular weight excluding hydrogens is 111 g/mol. The van der Waals surface area contributed by atoms with E-state index in [9.17, 15) is 0 Å². The topological polar surface area (TPSA) is 0 Å². The van der Waals surface area contributed by atoms with Crippen LogP contribution in [-0.4, -0.2) is 14.2 Å². The third-order valence-electron chi connectivity index (χ3n) is 0.384. The van der Waals surface area contributed by atoms with Gasteiger partial charge in [-0.25, -0.2) is 0 Å². The predicted molar refractivity (Wildman–Crippen MR) is 39.1 cm³/mol. The maximum Gasteiger partial charge on any atom is 0.0814 e. The van der Waals surface area contributed by atoms with E-state index in [1.807, 2.05) is 21.6 Å². The van der Waals surface area contributed by atoms with Gasteiger partial charge in [0.25, 0.3) is 0 Å². The van der Waals surface area contributed by atoms with Gasteiger partial charge in [0.15, 0.2) is 0 Å². The van der Waals surface area contributed by atoms with Crippen molar-refractivity contribution in [3.8, 4) is 0 Å². The predicted octanol–water partition coefficient (Wildman–Crippen LogP) is 0.711. The van der Waals surface area contributed by atoms with E-state index in [4.69, 9.17) is 0 Å². The monoisotopic (exact) mass is 118 g/mol. The van der Waals surface area contributed by atoms with Crippen molar-refractivity contribution in [3.63, 3.8) is 0 Å². The highest BCUT2D eigenvalue weighted by Gasteiger charge is 1.85. The second kappa shape index (κ2) is 3.69. The van der Waals surface area contributed by atoms with Crippen molar-refractivity contribution >= 4 is 30.0 Å². The zero-order chi connectivity index (χ0) is 3.54. The highest BCUT2D eigenvalue weighted by Crippen LogP contribution is 2.27. The number of rotatable bonds is 0. The van der Waals surface area contributed by atoms with Gasteiger partial charge in [-0.2, -0.15) is 0 Å². The van der Waals surface area contributed by atoms with Gasteiger partial charge in [0.2, 0.25) is 0 Å². The van der Waals surface area contributed by atoms with Crippen LogP contribution in [0.5, 0.6) is 0 Å². The Morgan fingerprint density at radius 1 is 1.50 bits per heavy atom. The molecular formula is C3H7BS2. The lowest BCUT2D eigenvalue weighted by Gasteiger charge is -1.69. The summed E-state index contributed by atoms with van der Waals surface area (Å²) in [6.07, 6.45) is 2.16. The first kappa shape index (κ1) is 6.50. The Morgan fingerprint density at radius 2 is 2.33 bits per heavy atom. The molecule has 0 aliphatic carbocycles. The third-order valence-corrected chi connectivity index (χ3v) is 2.30. The van der Waals surface area contributed by atoms with Crippen LogP contribution in [0.2, 0.25) is 0 Å². The van der Waals surface area contributed by atoms with E-state index in [1.165, 1.54) is 5.75 Å². The molecule has 0 radical (unpaired) electrons. The van der Waals surface area contributed by atoms with Crippen LogP contribution in [-0.2, 0) is 0 Å². The minimum atomic E-state index is 0. The Kier molecular flexibility index (Phi) is 4.00. The zero-order valence-corrected chi connectivity index (χ0v) is 4.31. The smallest absolute Gasteiger partial charge is 0.0814 e. The van der Waals surface area contributed by atoms with Crippen LogP contribution >= 0.6 is 21.6 Å². The molecule has 0 aromatic carbocycles. The van der Waals surface area contributed by atoms with Gasteiger partial charge in [0, 0.05) is 5.75 Å². The van der Waals surface area contributed by atoms with Crippen LogP contribution in [0.15, 0.2) is 11.5 Å². The second-order valence-corrected chi connectivity index (χ2v) is 3.07. The fourth-order valence-electron chi connectivity index (χ4n) is 0.196. The summed E-state index contributed by atoms with van der Waals surface area (Å²) in [6, 6.07) is 0. The highest BCUT2D eigenvalue weighted by atomic mass is 33.1. The van der Waals surface area contributed by atoms with E-state index in [2.05, 4.69) is 11.5 Å². The molecule has 0 atom stereocenters. The van der Waals surface area contributed by atoms with Gasteiger partial charge in [-0.3, -0.25) is 0 Å². The molecule has 0 aromatic heterocycles. The first-order valence-electron chi connectivity index (χ1n) is 1.43. The average molecular weight is 118 g/mol. The molecule has 1 aliphatic heterocycles. The largest absolute Gasteiger partial charge is 0.0854 e. The van der Waals surface area contributed by atoms with Gasteiger partial charge in [0.05, 0.1) is 8.41 Å². The van der Waals surface area contributed by atoms with Crippen molar-refractivity contribution in [1.82, 2.24) is 0 Å². The lowest BCUT2D eigenvalue weighted by molar-refractivity contribution is 1.85. The summed E-state index contributed by atoms with van der Waals surface area (Å²) in [5, 5.41) is 2.12. The molecule has 1 aliphatic rings. The van der Waals surface area contributed by atoms with Gasteiger partial charge in [-0.15, -0.1) is 0 Å². The lowest BCUT2D eigenvalue weighted by atomic mass is 10.8. The maximum absolute atomic E-state index is 2.16. The van der Waals surface area contributed by atoms with Gasteiger partial charge < -0.3 is 0 Å². The zero-order valence-electron chi connectivity index (χ0n) is 2.68. The summed E-state index contributed by atoms with van der Waals surface area (Å²) < 4.78 is 0. The summed E-state index contributed by atoms with van der Waals surface area (Å²) in [5.74, 6) is 1.20. The van der Waals surface area contributed by atoms with Gasteiger partial charge in [-0.05, 0) is 5.41 Å². The van der Waals surface area contributed by atoms with Crippen molar-refractivity contribution in [2.24, 2.45) is 0 Å². The van der Waals surface area contributed by atoms with Crippen LogP contribution < -0.4 is 0 Å². The molecule has 0 spiro atoms. The summed E-state index contributed by atoms with van der Waals surface area (Å²) in [7, 11) is 3.69. The van der Waals surface area contributed by atoms with Crippen LogP contribution in [0.3, 0.4) is 0 Å². The third kappa shape index (κ3) is 1.83. The first-order chi connectivity index (χ1) is 2.50. The molecule has 1 rings (SSSR count). The van der Waals surface area contributed by atoms with Gasteiger partial charge >= 0.3 is 0 Å². The summed E-state index contributed by atoms with van der Waals surface area (Å²) >= 11 is 0. The summed E-state index contributed by atoms with van der Waals surface area (Å²) in [5.41, 5.74) is 0. The molecule has 0 fully saturated rings.